The van der Waals surface area contributed by atoms with Gasteiger partial charge in [0, 0.05) is 31.0 Å². The van der Waals surface area contributed by atoms with Crippen LogP contribution in [0, 0.1) is 20.8 Å². The molecule has 0 fully saturated rings. The van der Waals surface area contributed by atoms with Crippen molar-refractivity contribution in [1.29, 1.82) is 0 Å². The first-order valence-electron chi connectivity index (χ1n) is 9.38. The Bertz CT molecular complexity index is 500. The molecule has 0 radical (unpaired) electrons. The van der Waals surface area contributed by atoms with Crippen molar-refractivity contribution in [2.24, 2.45) is 0 Å². The van der Waals surface area contributed by atoms with Gasteiger partial charge >= 0.3 is 0 Å². The maximum Gasteiger partial charge on any atom is 0.0600 e. The average Bonchev–Trinajstić information content (AvgIpc) is 2.75. The maximum atomic E-state index is 3.92. The normalized spacial score (nSPS) is 7.44. The van der Waals surface area contributed by atoms with Crippen molar-refractivity contribution in [2.75, 3.05) is 0 Å². The Morgan fingerprint density at radius 3 is 1.48 bits per heavy atom. The van der Waals surface area contributed by atoms with Crippen LogP contribution < -0.4 is 0 Å². The lowest BCUT2D eigenvalue weighted by molar-refractivity contribution is 0.980. The molecule has 0 aliphatic rings. The van der Waals surface area contributed by atoms with Crippen LogP contribution in [0.4, 0.5) is 0 Å². The molecule has 0 bridgehead atoms. The van der Waals surface area contributed by atoms with Crippen molar-refractivity contribution in [1.82, 2.24) is 30.4 Å². The lowest BCUT2D eigenvalue weighted by Crippen LogP contribution is -1.79. The number of hydrogen-bond donors (Lipinski definition) is 0. The van der Waals surface area contributed by atoms with Crippen LogP contribution in [0.1, 0.15) is 58.5 Å². The Morgan fingerprint density at radius 1 is 0.593 bits per heavy atom. The fourth-order valence-electron chi connectivity index (χ4n) is 1.11. The van der Waals surface area contributed by atoms with Crippen molar-refractivity contribution >= 4 is 0 Å². The molecule has 0 aromatic carbocycles. The van der Waals surface area contributed by atoms with Gasteiger partial charge in [-0.25, -0.2) is 0 Å². The maximum absolute atomic E-state index is 3.92. The lowest BCUT2D eigenvalue weighted by atomic mass is 10.4. The molecule has 3 heterocycles. The molecular formula is C21H36N6. The molecule has 0 amide bonds. The van der Waals surface area contributed by atoms with Gasteiger partial charge < -0.3 is 0 Å². The lowest BCUT2D eigenvalue weighted by Gasteiger charge is -1.81. The molecule has 0 spiro atoms. The Labute approximate surface area is 165 Å². The van der Waals surface area contributed by atoms with Crippen LogP contribution >= 0.6 is 0 Å². The molecule has 3 aromatic heterocycles. The van der Waals surface area contributed by atoms with Gasteiger partial charge in [-0.05, 0) is 44.5 Å². The molecule has 0 saturated heterocycles. The third-order valence-electron chi connectivity index (χ3n) is 2.13. The molecule has 6 heteroatoms. The van der Waals surface area contributed by atoms with Gasteiger partial charge in [-0.2, -0.15) is 20.4 Å². The molecule has 0 aliphatic carbocycles. The Balaban J connectivity index is -0.000000281. The Morgan fingerprint density at radius 2 is 1.26 bits per heavy atom. The van der Waals surface area contributed by atoms with Crippen LogP contribution in [-0.4, -0.2) is 30.4 Å². The summed E-state index contributed by atoms with van der Waals surface area (Å²) in [6.07, 6.45) is 10.1. The summed E-state index contributed by atoms with van der Waals surface area (Å²) < 4.78 is 0. The molecule has 0 aliphatic heterocycles. The molecule has 6 nitrogen and oxygen atoms in total. The summed E-state index contributed by atoms with van der Waals surface area (Å²) in [6.45, 7) is 17.8. The number of rotatable bonds is 0. The molecule has 0 unspecified atom stereocenters. The first-order valence-corrected chi connectivity index (χ1v) is 9.38. The van der Waals surface area contributed by atoms with Gasteiger partial charge in [-0.3, -0.25) is 9.97 Å². The zero-order valence-corrected chi connectivity index (χ0v) is 18.4. The largest absolute Gasteiger partial charge is 0.261 e. The van der Waals surface area contributed by atoms with Crippen molar-refractivity contribution in [3.63, 3.8) is 0 Å². The average molecular weight is 373 g/mol. The fraction of sp³-hybridized carbons (Fsp3) is 0.429. The van der Waals surface area contributed by atoms with Crippen LogP contribution in [-0.2, 0) is 0 Å². The van der Waals surface area contributed by atoms with Gasteiger partial charge in [0.25, 0.3) is 0 Å². The fourth-order valence-corrected chi connectivity index (χ4v) is 1.11. The van der Waals surface area contributed by atoms with E-state index in [2.05, 4.69) is 30.4 Å². The van der Waals surface area contributed by atoms with E-state index in [1.165, 1.54) is 0 Å². The zero-order valence-electron chi connectivity index (χ0n) is 18.4. The topological polar surface area (TPSA) is 77.3 Å². The van der Waals surface area contributed by atoms with Gasteiger partial charge in [0.2, 0.25) is 0 Å². The second-order valence-corrected chi connectivity index (χ2v) is 4.13. The number of aryl methyl sites for hydroxylation is 3. The second kappa shape index (κ2) is 25.5. The third kappa shape index (κ3) is 23.2. The smallest absolute Gasteiger partial charge is 0.0600 e. The van der Waals surface area contributed by atoms with E-state index >= 15 is 0 Å². The molecule has 27 heavy (non-hydrogen) atoms. The van der Waals surface area contributed by atoms with Crippen LogP contribution in [0.5, 0.6) is 0 Å². The second-order valence-electron chi connectivity index (χ2n) is 4.13. The summed E-state index contributed by atoms with van der Waals surface area (Å²) in [5.41, 5.74) is 3.07. The molecule has 150 valence electrons. The molecule has 3 rings (SSSR count). The van der Waals surface area contributed by atoms with Gasteiger partial charge in [0.15, 0.2) is 0 Å². The quantitative estimate of drug-likeness (QED) is 0.523. The van der Waals surface area contributed by atoms with Gasteiger partial charge in [-0.15, -0.1) is 0 Å². The number of nitrogens with zero attached hydrogens (tertiary/aromatic N) is 6. The summed E-state index contributed by atoms with van der Waals surface area (Å²) in [4.78, 5) is 7.74. The predicted molar refractivity (Wildman–Crippen MR) is 114 cm³/mol. The van der Waals surface area contributed by atoms with E-state index in [1.807, 2.05) is 80.5 Å². The minimum atomic E-state index is 0.961. The summed E-state index contributed by atoms with van der Waals surface area (Å²) in [5.74, 6) is 0. The number of hydrogen-bond acceptors (Lipinski definition) is 6. The van der Waals surface area contributed by atoms with E-state index in [4.69, 9.17) is 0 Å². The minimum Gasteiger partial charge on any atom is -0.261 e. The van der Waals surface area contributed by atoms with E-state index in [0.717, 1.165) is 17.0 Å². The van der Waals surface area contributed by atoms with E-state index in [9.17, 15) is 0 Å². The Kier molecular flexibility index (Phi) is 27.4. The van der Waals surface area contributed by atoms with Gasteiger partial charge in [0.1, 0.15) is 0 Å². The van der Waals surface area contributed by atoms with Crippen molar-refractivity contribution in [2.45, 2.75) is 62.3 Å². The molecule has 0 N–H and O–H groups in total. The van der Waals surface area contributed by atoms with E-state index in [1.54, 1.807) is 37.2 Å². The molecule has 3 aromatic rings. The van der Waals surface area contributed by atoms with E-state index in [-0.39, 0.29) is 0 Å². The van der Waals surface area contributed by atoms with Crippen molar-refractivity contribution in [3.8, 4) is 0 Å². The molecular weight excluding hydrogens is 336 g/mol. The summed E-state index contributed by atoms with van der Waals surface area (Å²) in [6, 6.07) is 5.68. The van der Waals surface area contributed by atoms with E-state index in [0.29, 0.717) is 0 Å². The SMILES string of the molecule is CC.CC.CC.Cc1cccnn1.Cc1ccnnc1.Cc1cnccn1. The summed E-state index contributed by atoms with van der Waals surface area (Å²) in [5, 5.41) is 14.6. The van der Waals surface area contributed by atoms with Crippen LogP contribution in [0.2, 0.25) is 0 Å². The van der Waals surface area contributed by atoms with Crippen molar-refractivity contribution in [3.05, 3.63) is 72.3 Å². The molecule has 0 atom stereocenters. The van der Waals surface area contributed by atoms with Crippen LogP contribution in [0.15, 0.2) is 55.4 Å². The van der Waals surface area contributed by atoms with Crippen LogP contribution in [0.25, 0.3) is 0 Å². The predicted octanol–water partition coefficient (Wildman–Crippen LogP) is 5.43. The zero-order chi connectivity index (χ0) is 21.3. The highest BCUT2D eigenvalue weighted by molar-refractivity contribution is 5.00. The minimum absolute atomic E-state index is 0.961. The highest BCUT2D eigenvalue weighted by Gasteiger charge is 1.75. The van der Waals surface area contributed by atoms with E-state index < -0.39 is 0 Å². The standard InChI is InChI=1S/3C5H6N2.3C2H6/c1-5-4-6-2-3-7-5;1-5-2-3-6-7-4-5;1-5-3-2-4-6-7-5;3*1-2/h3*2-4H,1H3;3*1-2H3. The first-order chi connectivity index (χ1) is 13.2. The monoisotopic (exact) mass is 372 g/mol. The first kappa shape index (κ1) is 29.0. The Hall–Kier alpha value is -2.76. The van der Waals surface area contributed by atoms with Crippen molar-refractivity contribution < 1.29 is 0 Å². The highest BCUT2D eigenvalue weighted by Crippen LogP contribution is 1.85. The summed E-state index contributed by atoms with van der Waals surface area (Å²) in [7, 11) is 0. The van der Waals surface area contributed by atoms with Gasteiger partial charge in [-0.1, -0.05) is 41.5 Å². The third-order valence-corrected chi connectivity index (χ3v) is 2.13. The summed E-state index contributed by atoms with van der Waals surface area (Å²) >= 11 is 0. The highest BCUT2D eigenvalue weighted by atomic mass is 15.1. The van der Waals surface area contributed by atoms with Crippen LogP contribution in [0.3, 0.4) is 0 Å². The van der Waals surface area contributed by atoms with Gasteiger partial charge in [0.05, 0.1) is 17.6 Å². The molecule has 0 saturated carbocycles. The number of aromatic nitrogens is 6.